The number of anilines is 5. The van der Waals surface area contributed by atoms with Gasteiger partial charge in [0.15, 0.2) is 11.6 Å². The fourth-order valence-corrected chi connectivity index (χ4v) is 2.44. The van der Waals surface area contributed by atoms with Crippen molar-refractivity contribution in [2.24, 2.45) is 0 Å². The summed E-state index contributed by atoms with van der Waals surface area (Å²) in [5.41, 5.74) is 9.33. The highest BCUT2D eigenvalue weighted by atomic mass is 35.5. The van der Waals surface area contributed by atoms with Gasteiger partial charge in [0, 0.05) is 10.7 Å². The maximum Gasteiger partial charge on any atom is 0.159 e. The van der Waals surface area contributed by atoms with Crippen LogP contribution in [0.25, 0.3) is 0 Å². The summed E-state index contributed by atoms with van der Waals surface area (Å²) in [6.45, 7) is 2.00. The van der Waals surface area contributed by atoms with Crippen LogP contribution in [-0.2, 0) is 0 Å². The lowest BCUT2D eigenvalue weighted by Gasteiger charge is -2.15. The molecule has 1 aromatic heterocycles. The molecule has 0 aliphatic heterocycles. The first-order chi connectivity index (χ1) is 12.1. The van der Waals surface area contributed by atoms with Crippen LogP contribution in [0.5, 0.6) is 5.75 Å². The summed E-state index contributed by atoms with van der Waals surface area (Å²) in [4.78, 5) is 8.44. The van der Waals surface area contributed by atoms with Crippen molar-refractivity contribution in [3.05, 3.63) is 59.4 Å². The summed E-state index contributed by atoms with van der Waals surface area (Å²) < 4.78 is 5.37. The molecule has 0 aliphatic carbocycles. The number of nitrogen functional groups attached to an aromatic ring is 1. The van der Waals surface area contributed by atoms with Gasteiger partial charge in [-0.05, 0) is 48.9 Å². The molecule has 0 fully saturated rings. The molecule has 7 heteroatoms. The second-order valence-electron chi connectivity index (χ2n) is 5.45. The number of ether oxygens (including phenoxy) is 1. The molecule has 0 spiro atoms. The zero-order chi connectivity index (χ0) is 17.8. The molecule has 0 atom stereocenters. The second kappa shape index (κ2) is 7.27. The van der Waals surface area contributed by atoms with E-state index in [9.17, 15) is 0 Å². The number of nitrogens with zero attached hydrogens (tertiary/aromatic N) is 2. The van der Waals surface area contributed by atoms with Gasteiger partial charge < -0.3 is 21.1 Å². The third-order valence-corrected chi connectivity index (χ3v) is 3.85. The van der Waals surface area contributed by atoms with Crippen molar-refractivity contribution in [1.29, 1.82) is 0 Å². The third kappa shape index (κ3) is 3.92. The molecule has 4 N–H and O–H groups in total. The Hall–Kier alpha value is -2.99. The number of aromatic nitrogens is 2. The fraction of sp³-hybridized carbons (Fsp3) is 0.111. The minimum Gasteiger partial charge on any atom is -0.495 e. The largest absolute Gasteiger partial charge is 0.495 e. The quantitative estimate of drug-likeness (QED) is 0.624. The van der Waals surface area contributed by atoms with Gasteiger partial charge in [-0.3, -0.25) is 0 Å². The Balaban J connectivity index is 1.88. The van der Waals surface area contributed by atoms with E-state index in [0.717, 1.165) is 16.9 Å². The third-order valence-electron chi connectivity index (χ3n) is 3.60. The monoisotopic (exact) mass is 355 g/mol. The lowest BCUT2D eigenvalue weighted by Crippen LogP contribution is -2.06. The number of halogens is 1. The fourth-order valence-electron chi connectivity index (χ4n) is 2.31. The van der Waals surface area contributed by atoms with Crippen molar-refractivity contribution in [3.8, 4) is 5.75 Å². The number of nitrogens with two attached hydrogens (primary N) is 1. The van der Waals surface area contributed by atoms with Crippen molar-refractivity contribution < 1.29 is 4.74 Å². The highest BCUT2D eigenvalue weighted by Crippen LogP contribution is 2.32. The molecule has 0 saturated carbocycles. The maximum atomic E-state index is 6.22. The van der Waals surface area contributed by atoms with E-state index in [4.69, 9.17) is 22.1 Å². The van der Waals surface area contributed by atoms with Crippen LogP contribution in [0.15, 0.2) is 48.8 Å². The van der Waals surface area contributed by atoms with Gasteiger partial charge in [0.05, 0.1) is 12.8 Å². The molecule has 0 aliphatic rings. The van der Waals surface area contributed by atoms with Gasteiger partial charge in [0.1, 0.15) is 17.8 Å². The predicted molar refractivity (Wildman–Crippen MR) is 102 cm³/mol. The molecule has 0 amide bonds. The predicted octanol–water partition coefficient (Wildman–Crippen LogP) is 4.52. The molecular weight excluding hydrogens is 338 g/mol. The van der Waals surface area contributed by atoms with Crippen LogP contribution in [-0.4, -0.2) is 17.1 Å². The average Bonchev–Trinajstić information content (AvgIpc) is 2.60. The van der Waals surface area contributed by atoms with Gasteiger partial charge in [-0.2, -0.15) is 0 Å². The average molecular weight is 356 g/mol. The van der Waals surface area contributed by atoms with Crippen LogP contribution in [0.2, 0.25) is 5.02 Å². The van der Waals surface area contributed by atoms with E-state index >= 15 is 0 Å². The number of methoxy groups -OCH3 is 1. The number of rotatable bonds is 5. The molecule has 3 aromatic rings. The van der Waals surface area contributed by atoms with Gasteiger partial charge in [-0.1, -0.05) is 17.7 Å². The van der Waals surface area contributed by atoms with Crippen LogP contribution < -0.4 is 21.1 Å². The summed E-state index contributed by atoms with van der Waals surface area (Å²) in [7, 11) is 1.62. The van der Waals surface area contributed by atoms with E-state index in [2.05, 4.69) is 20.6 Å². The molecule has 0 saturated heterocycles. The maximum absolute atomic E-state index is 6.22. The number of hydrogen-bond acceptors (Lipinski definition) is 6. The summed E-state index contributed by atoms with van der Waals surface area (Å²) in [5, 5.41) is 7.03. The number of nitrogens with one attached hydrogen (secondary N) is 2. The Morgan fingerprint density at radius 2 is 1.68 bits per heavy atom. The summed E-state index contributed by atoms with van der Waals surface area (Å²) >= 11 is 5.90. The van der Waals surface area contributed by atoms with Crippen molar-refractivity contribution in [2.45, 2.75) is 6.92 Å². The normalized spacial score (nSPS) is 10.4. The molecule has 128 valence electrons. The Morgan fingerprint density at radius 1 is 1.00 bits per heavy atom. The van der Waals surface area contributed by atoms with Gasteiger partial charge in [-0.15, -0.1) is 0 Å². The second-order valence-corrected chi connectivity index (χ2v) is 5.88. The Kier molecular flexibility index (Phi) is 4.90. The van der Waals surface area contributed by atoms with Crippen LogP contribution in [0, 0.1) is 6.92 Å². The van der Waals surface area contributed by atoms with Gasteiger partial charge in [-0.25, -0.2) is 9.97 Å². The molecule has 0 radical (unpaired) electrons. The number of aryl methyl sites for hydroxylation is 1. The summed E-state index contributed by atoms with van der Waals surface area (Å²) in [6.07, 6.45) is 1.44. The van der Waals surface area contributed by atoms with E-state index < -0.39 is 0 Å². The van der Waals surface area contributed by atoms with Crippen LogP contribution in [0.1, 0.15) is 5.56 Å². The van der Waals surface area contributed by atoms with Gasteiger partial charge >= 0.3 is 0 Å². The summed E-state index contributed by atoms with van der Waals surface area (Å²) in [6, 6.07) is 13.1. The Morgan fingerprint density at radius 3 is 2.36 bits per heavy atom. The minimum absolute atomic E-state index is 0.404. The molecule has 2 aromatic carbocycles. The number of benzene rings is 2. The topological polar surface area (TPSA) is 85.1 Å². The van der Waals surface area contributed by atoms with Crippen LogP contribution in [0.4, 0.5) is 28.7 Å². The lowest BCUT2D eigenvalue weighted by atomic mass is 10.2. The highest BCUT2D eigenvalue weighted by molar-refractivity contribution is 6.30. The first-order valence-electron chi connectivity index (χ1n) is 7.61. The van der Waals surface area contributed by atoms with E-state index in [-0.39, 0.29) is 0 Å². The van der Waals surface area contributed by atoms with Crippen molar-refractivity contribution in [3.63, 3.8) is 0 Å². The van der Waals surface area contributed by atoms with E-state index in [1.165, 1.54) is 6.33 Å². The van der Waals surface area contributed by atoms with E-state index in [1.54, 1.807) is 19.2 Å². The number of hydrogen-bond donors (Lipinski definition) is 3. The van der Waals surface area contributed by atoms with E-state index in [1.807, 2.05) is 37.3 Å². The highest BCUT2D eigenvalue weighted by Gasteiger charge is 2.11. The molecule has 0 unspecified atom stereocenters. The van der Waals surface area contributed by atoms with Gasteiger partial charge in [0.2, 0.25) is 0 Å². The molecule has 3 rings (SSSR count). The van der Waals surface area contributed by atoms with Gasteiger partial charge in [0.25, 0.3) is 0 Å². The summed E-state index contributed by atoms with van der Waals surface area (Å²) in [5.74, 6) is 1.71. The zero-order valence-corrected chi connectivity index (χ0v) is 14.6. The molecule has 1 heterocycles. The first kappa shape index (κ1) is 16.9. The van der Waals surface area contributed by atoms with Crippen molar-refractivity contribution in [2.75, 3.05) is 23.5 Å². The van der Waals surface area contributed by atoms with Crippen molar-refractivity contribution >= 4 is 40.3 Å². The van der Waals surface area contributed by atoms with Crippen molar-refractivity contribution in [1.82, 2.24) is 9.97 Å². The smallest absolute Gasteiger partial charge is 0.159 e. The van der Waals surface area contributed by atoms with Crippen LogP contribution >= 0.6 is 11.6 Å². The first-order valence-corrected chi connectivity index (χ1v) is 7.99. The SMILES string of the molecule is COc1ccc(C)cc1Nc1ncnc(Nc2ccc(Cl)cc2)c1N. The Bertz CT molecular complexity index is 883. The molecule has 6 nitrogen and oxygen atoms in total. The molecule has 0 bridgehead atoms. The lowest BCUT2D eigenvalue weighted by molar-refractivity contribution is 0.416. The van der Waals surface area contributed by atoms with Crippen LogP contribution in [0.3, 0.4) is 0 Å². The zero-order valence-electron chi connectivity index (χ0n) is 13.9. The standard InChI is InChI=1S/C18H18ClN5O/c1-11-3-8-15(25-2)14(9-11)24-18-16(20)17(21-10-22-18)23-13-6-4-12(19)5-7-13/h3-10H,20H2,1-2H3,(H2,21,22,23,24). The van der Waals surface area contributed by atoms with E-state index in [0.29, 0.717) is 28.1 Å². The minimum atomic E-state index is 0.404. The molecular formula is C18H18ClN5O. The Labute approximate surface area is 151 Å². The molecule has 25 heavy (non-hydrogen) atoms.